The van der Waals surface area contributed by atoms with Gasteiger partial charge in [0.15, 0.2) is 0 Å². The average Bonchev–Trinajstić information content (AvgIpc) is 3.15. The number of carbonyl (C=O) groups excluding carboxylic acids is 1. The molecule has 2 aliphatic heterocycles. The molecule has 4 heterocycles. The largest absolute Gasteiger partial charge is 0.423 e. The van der Waals surface area contributed by atoms with Gasteiger partial charge in [-0.2, -0.15) is 0 Å². The van der Waals surface area contributed by atoms with E-state index in [2.05, 4.69) is 27.1 Å². The van der Waals surface area contributed by atoms with Gasteiger partial charge in [0, 0.05) is 53.8 Å². The molecule has 2 amide bonds. The van der Waals surface area contributed by atoms with E-state index in [9.17, 15) is 9.18 Å². The molecular formula is C22H19ClFN5O2. The van der Waals surface area contributed by atoms with Crippen LogP contribution in [-0.4, -0.2) is 32.2 Å². The van der Waals surface area contributed by atoms with Gasteiger partial charge in [-0.25, -0.2) is 9.18 Å². The topological polar surface area (TPSA) is 84.2 Å². The highest BCUT2D eigenvalue weighted by Gasteiger charge is 2.61. The molecule has 2 saturated heterocycles. The predicted octanol–water partition coefficient (Wildman–Crippen LogP) is 5.08. The third-order valence-corrected chi connectivity index (χ3v) is 6.17. The summed E-state index contributed by atoms with van der Waals surface area (Å²) in [5.74, 6) is 0.420. The van der Waals surface area contributed by atoms with Gasteiger partial charge in [-0.1, -0.05) is 23.8 Å². The molecular weight excluding hydrogens is 421 g/mol. The van der Waals surface area contributed by atoms with E-state index in [-0.39, 0.29) is 12.1 Å². The highest BCUT2D eigenvalue weighted by atomic mass is 35.5. The molecule has 3 fully saturated rings. The van der Waals surface area contributed by atoms with E-state index in [0.717, 1.165) is 24.6 Å². The van der Waals surface area contributed by atoms with Gasteiger partial charge < -0.3 is 14.6 Å². The Labute approximate surface area is 182 Å². The van der Waals surface area contributed by atoms with Crippen molar-refractivity contribution in [2.45, 2.75) is 37.8 Å². The molecule has 1 N–H and O–H groups in total. The lowest BCUT2D eigenvalue weighted by molar-refractivity contribution is -0.0717. The lowest BCUT2D eigenvalue weighted by Gasteiger charge is -2.60. The maximum absolute atomic E-state index is 13.6. The first kappa shape index (κ1) is 19.7. The standard InChI is InChI=1S/C22H19ClFN5O2/c1-12-5-17-9-22(8-12,20-28-27-13(2)31-20)29(17)21(30)26-16-3-4-19(23)18(7-16)14-6-15(24)11-25-10-14/h3-4,6-7,10-11,17H,1,5,8-9H2,2H3,(H,26,30)/t17-,22+/m1/s1. The van der Waals surface area contributed by atoms with Crippen LogP contribution >= 0.6 is 11.6 Å². The Morgan fingerprint density at radius 2 is 2.19 bits per heavy atom. The third kappa shape index (κ3) is 3.27. The molecule has 1 aromatic carbocycles. The fourth-order valence-corrected chi connectivity index (χ4v) is 4.86. The van der Waals surface area contributed by atoms with E-state index < -0.39 is 11.4 Å². The number of nitrogens with one attached hydrogen (secondary N) is 1. The van der Waals surface area contributed by atoms with Crippen LogP contribution in [0.2, 0.25) is 5.02 Å². The summed E-state index contributed by atoms with van der Waals surface area (Å²) in [6.07, 6.45) is 4.72. The summed E-state index contributed by atoms with van der Waals surface area (Å²) < 4.78 is 19.3. The fourth-order valence-electron chi connectivity index (χ4n) is 4.63. The molecule has 3 aromatic rings. The number of piperidine rings is 1. The highest BCUT2D eigenvalue weighted by Crippen LogP contribution is 2.55. The van der Waals surface area contributed by atoms with E-state index in [1.165, 1.54) is 12.3 Å². The van der Waals surface area contributed by atoms with Crippen LogP contribution in [0.25, 0.3) is 11.1 Å². The predicted molar refractivity (Wildman–Crippen MR) is 113 cm³/mol. The monoisotopic (exact) mass is 439 g/mol. The molecule has 1 saturated carbocycles. The second-order valence-electron chi connectivity index (χ2n) is 8.03. The summed E-state index contributed by atoms with van der Waals surface area (Å²) in [4.78, 5) is 18.9. The van der Waals surface area contributed by atoms with Crippen LogP contribution in [0.4, 0.5) is 14.9 Å². The number of rotatable bonds is 3. The summed E-state index contributed by atoms with van der Waals surface area (Å²) in [7, 11) is 0. The van der Waals surface area contributed by atoms with Crippen LogP contribution < -0.4 is 5.32 Å². The van der Waals surface area contributed by atoms with Crippen molar-refractivity contribution in [2.75, 3.05) is 5.32 Å². The second-order valence-corrected chi connectivity index (χ2v) is 8.44. The molecule has 2 aromatic heterocycles. The maximum Gasteiger partial charge on any atom is 0.323 e. The number of benzene rings is 1. The summed E-state index contributed by atoms with van der Waals surface area (Å²) >= 11 is 6.31. The van der Waals surface area contributed by atoms with Crippen molar-refractivity contribution in [3.8, 4) is 11.1 Å². The minimum atomic E-state index is -0.674. The molecule has 0 spiro atoms. The Balaban J connectivity index is 1.44. The number of nitrogens with zero attached hydrogens (tertiary/aromatic N) is 4. The lowest BCUT2D eigenvalue weighted by atomic mass is 9.66. The van der Waals surface area contributed by atoms with E-state index in [0.29, 0.717) is 40.0 Å². The van der Waals surface area contributed by atoms with Crippen LogP contribution in [0, 0.1) is 12.7 Å². The molecule has 9 heteroatoms. The van der Waals surface area contributed by atoms with Crippen molar-refractivity contribution in [1.82, 2.24) is 20.1 Å². The quantitative estimate of drug-likeness (QED) is 0.575. The first-order valence-electron chi connectivity index (χ1n) is 9.84. The Morgan fingerprint density at radius 3 is 2.94 bits per heavy atom. The molecule has 2 bridgehead atoms. The summed E-state index contributed by atoms with van der Waals surface area (Å²) in [6, 6.07) is 6.16. The average molecular weight is 440 g/mol. The summed E-state index contributed by atoms with van der Waals surface area (Å²) in [6.45, 7) is 5.84. The Morgan fingerprint density at radius 1 is 1.35 bits per heavy atom. The maximum atomic E-state index is 13.6. The van der Waals surface area contributed by atoms with Crippen LogP contribution in [0.5, 0.6) is 0 Å². The zero-order chi connectivity index (χ0) is 21.8. The first-order valence-corrected chi connectivity index (χ1v) is 10.2. The molecule has 3 aliphatic rings. The molecule has 158 valence electrons. The van der Waals surface area contributed by atoms with Crippen molar-refractivity contribution in [3.63, 3.8) is 0 Å². The molecule has 7 nitrogen and oxygen atoms in total. The second kappa shape index (κ2) is 7.16. The van der Waals surface area contributed by atoms with E-state index >= 15 is 0 Å². The summed E-state index contributed by atoms with van der Waals surface area (Å²) in [5.41, 5.74) is 2.02. The number of fused-ring (bicyclic) bond motifs is 2. The van der Waals surface area contributed by atoms with Gasteiger partial charge in [0.1, 0.15) is 11.4 Å². The van der Waals surface area contributed by atoms with Gasteiger partial charge in [-0.05, 0) is 30.7 Å². The number of urea groups is 1. The third-order valence-electron chi connectivity index (χ3n) is 5.84. The minimum absolute atomic E-state index is 0.0210. The Hall–Kier alpha value is -3.26. The number of carbonyl (C=O) groups is 1. The number of hydrogen-bond donors (Lipinski definition) is 1. The zero-order valence-electron chi connectivity index (χ0n) is 16.7. The number of aryl methyl sites for hydroxylation is 1. The van der Waals surface area contributed by atoms with E-state index in [1.54, 1.807) is 30.0 Å². The van der Waals surface area contributed by atoms with Crippen molar-refractivity contribution in [1.29, 1.82) is 0 Å². The molecule has 0 radical (unpaired) electrons. The molecule has 2 atom stereocenters. The molecule has 6 rings (SSSR count). The van der Waals surface area contributed by atoms with Gasteiger partial charge in [-0.3, -0.25) is 4.98 Å². The van der Waals surface area contributed by atoms with Crippen LogP contribution in [0.15, 0.2) is 53.2 Å². The number of aromatic nitrogens is 3. The number of pyridine rings is 1. The van der Waals surface area contributed by atoms with Crippen molar-refractivity contribution < 1.29 is 13.6 Å². The van der Waals surface area contributed by atoms with E-state index in [4.69, 9.17) is 16.0 Å². The number of anilines is 1. The summed E-state index contributed by atoms with van der Waals surface area (Å²) in [5, 5.41) is 11.5. The van der Waals surface area contributed by atoms with Gasteiger partial charge in [0.25, 0.3) is 0 Å². The lowest BCUT2D eigenvalue weighted by Crippen LogP contribution is -2.69. The minimum Gasteiger partial charge on any atom is -0.423 e. The van der Waals surface area contributed by atoms with Gasteiger partial charge in [-0.15, -0.1) is 10.2 Å². The normalized spacial score (nSPS) is 22.2. The van der Waals surface area contributed by atoms with Gasteiger partial charge >= 0.3 is 6.03 Å². The SMILES string of the molecule is C=C1C[C@@H]2C[C@](c3nnc(C)o3)(C1)N2C(=O)Nc1ccc(Cl)c(-c2cncc(F)c2)c1. The van der Waals surface area contributed by atoms with Crippen LogP contribution in [0.1, 0.15) is 31.0 Å². The van der Waals surface area contributed by atoms with Crippen molar-refractivity contribution in [3.05, 3.63) is 71.4 Å². The Kier molecular flexibility index (Phi) is 4.55. The number of amides is 2. The van der Waals surface area contributed by atoms with Crippen molar-refractivity contribution in [2.24, 2.45) is 0 Å². The van der Waals surface area contributed by atoms with Crippen LogP contribution in [-0.2, 0) is 5.54 Å². The zero-order valence-corrected chi connectivity index (χ0v) is 17.5. The fraction of sp³-hybridized carbons (Fsp3) is 0.273. The van der Waals surface area contributed by atoms with Crippen LogP contribution in [0.3, 0.4) is 0 Å². The van der Waals surface area contributed by atoms with Gasteiger partial charge in [0.2, 0.25) is 11.8 Å². The molecule has 31 heavy (non-hydrogen) atoms. The smallest absolute Gasteiger partial charge is 0.323 e. The number of hydrogen-bond acceptors (Lipinski definition) is 5. The molecule has 0 unspecified atom stereocenters. The Bertz CT molecular complexity index is 1210. The van der Waals surface area contributed by atoms with Gasteiger partial charge in [0.05, 0.1) is 6.20 Å². The number of halogens is 2. The van der Waals surface area contributed by atoms with Crippen molar-refractivity contribution >= 4 is 23.3 Å². The first-order chi connectivity index (χ1) is 14.9. The van der Waals surface area contributed by atoms with E-state index in [1.807, 2.05) is 0 Å². The molecule has 1 aliphatic carbocycles. The highest BCUT2D eigenvalue weighted by molar-refractivity contribution is 6.33.